The quantitative estimate of drug-likeness (QED) is 0.940. The van der Waals surface area contributed by atoms with Gasteiger partial charge in [0.2, 0.25) is 5.91 Å². The van der Waals surface area contributed by atoms with Crippen LogP contribution in [0.5, 0.6) is 5.75 Å². The van der Waals surface area contributed by atoms with Crippen LogP contribution < -0.4 is 4.74 Å². The number of nitrogens with one attached hydrogen (secondary N) is 1. The molecule has 0 spiro atoms. The lowest BCUT2D eigenvalue weighted by Gasteiger charge is -2.32. The van der Waals surface area contributed by atoms with Crippen LogP contribution in [0.2, 0.25) is 0 Å². The van der Waals surface area contributed by atoms with Gasteiger partial charge in [-0.05, 0) is 48.9 Å². The summed E-state index contributed by atoms with van der Waals surface area (Å²) >= 11 is 0. The van der Waals surface area contributed by atoms with Crippen molar-refractivity contribution in [2.75, 3.05) is 20.2 Å². The van der Waals surface area contributed by atoms with Crippen LogP contribution in [0.15, 0.2) is 36.5 Å². The largest absolute Gasteiger partial charge is 0.497 e. The number of H-pyrrole nitrogens is 1. The van der Waals surface area contributed by atoms with Crippen LogP contribution in [-0.4, -0.2) is 41.2 Å². The van der Waals surface area contributed by atoms with Crippen molar-refractivity contribution in [1.29, 1.82) is 0 Å². The first-order chi connectivity index (χ1) is 11.8. The van der Waals surface area contributed by atoms with E-state index < -0.39 is 0 Å². The molecule has 1 saturated carbocycles. The highest BCUT2D eigenvalue weighted by Gasteiger charge is 2.46. The monoisotopic (exact) mass is 325 g/mol. The van der Waals surface area contributed by atoms with Crippen molar-refractivity contribution in [1.82, 2.24) is 15.1 Å². The Bertz CT molecular complexity index is 696. The normalized spacial score (nSPS) is 26.2. The molecule has 2 aliphatic rings. The fourth-order valence-electron chi connectivity index (χ4n) is 3.85. The highest BCUT2D eigenvalue weighted by atomic mass is 16.5. The number of aromatic amines is 1. The highest BCUT2D eigenvalue weighted by Crippen LogP contribution is 2.49. The number of carbonyl (C=O) groups excluding carboxylic acids is 1. The molecule has 2 heterocycles. The van der Waals surface area contributed by atoms with Crippen molar-refractivity contribution in [2.45, 2.75) is 31.1 Å². The van der Waals surface area contributed by atoms with E-state index in [4.69, 9.17) is 4.74 Å². The number of methoxy groups -OCH3 is 1. The van der Waals surface area contributed by atoms with Crippen LogP contribution in [0.4, 0.5) is 0 Å². The molecule has 3 unspecified atom stereocenters. The summed E-state index contributed by atoms with van der Waals surface area (Å²) in [6.45, 7) is 1.70. The Labute approximate surface area is 142 Å². The molecule has 2 fully saturated rings. The molecule has 5 heteroatoms. The van der Waals surface area contributed by atoms with E-state index in [0.29, 0.717) is 17.7 Å². The summed E-state index contributed by atoms with van der Waals surface area (Å²) in [6, 6.07) is 10.1. The second-order valence-corrected chi connectivity index (χ2v) is 6.86. The minimum atomic E-state index is 0.152. The van der Waals surface area contributed by atoms with E-state index in [-0.39, 0.29) is 5.92 Å². The zero-order valence-corrected chi connectivity index (χ0v) is 13.9. The summed E-state index contributed by atoms with van der Waals surface area (Å²) in [5.74, 6) is 2.10. The molecule has 1 aromatic heterocycles. The molecule has 3 atom stereocenters. The molecule has 1 aliphatic carbocycles. The van der Waals surface area contributed by atoms with Crippen molar-refractivity contribution in [3.63, 3.8) is 0 Å². The van der Waals surface area contributed by atoms with Gasteiger partial charge in [-0.1, -0.05) is 12.1 Å². The molecule has 0 bridgehead atoms. The SMILES string of the molecule is COc1ccc(C2CC2C(=O)N2CCCC(c3ccn[nH]3)C2)cc1. The minimum Gasteiger partial charge on any atom is -0.497 e. The molecule has 5 nitrogen and oxygen atoms in total. The molecule has 1 aliphatic heterocycles. The number of carbonyl (C=O) groups is 1. The Hall–Kier alpha value is -2.30. The summed E-state index contributed by atoms with van der Waals surface area (Å²) in [5, 5.41) is 7.10. The molecule has 24 heavy (non-hydrogen) atoms. The van der Waals surface area contributed by atoms with Gasteiger partial charge in [0.05, 0.1) is 7.11 Å². The molecule has 1 aromatic carbocycles. The van der Waals surface area contributed by atoms with E-state index in [1.54, 1.807) is 13.3 Å². The van der Waals surface area contributed by atoms with Crippen molar-refractivity contribution >= 4 is 5.91 Å². The molecule has 2 aromatic rings. The first kappa shape index (κ1) is 15.2. The number of nitrogens with zero attached hydrogens (tertiary/aromatic N) is 2. The fraction of sp³-hybridized carbons (Fsp3) is 0.474. The third-order valence-electron chi connectivity index (χ3n) is 5.35. The summed E-state index contributed by atoms with van der Waals surface area (Å²) in [4.78, 5) is 14.9. The number of hydrogen-bond acceptors (Lipinski definition) is 3. The van der Waals surface area contributed by atoms with Gasteiger partial charge >= 0.3 is 0 Å². The minimum absolute atomic E-state index is 0.152. The Balaban J connectivity index is 1.39. The average Bonchev–Trinajstić information content (AvgIpc) is 3.25. The maximum absolute atomic E-state index is 12.9. The molecule has 1 saturated heterocycles. The number of piperidine rings is 1. The molecule has 1 amide bonds. The zero-order chi connectivity index (χ0) is 16.5. The van der Waals surface area contributed by atoms with E-state index in [2.05, 4.69) is 27.2 Å². The van der Waals surface area contributed by atoms with Gasteiger partial charge in [-0.25, -0.2) is 0 Å². The lowest BCUT2D eigenvalue weighted by Crippen LogP contribution is -2.40. The van der Waals surface area contributed by atoms with Gasteiger partial charge in [-0.15, -0.1) is 0 Å². The second kappa shape index (κ2) is 6.30. The van der Waals surface area contributed by atoms with E-state index in [1.165, 1.54) is 5.56 Å². The number of amides is 1. The van der Waals surface area contributed by atoms with Crippen molar-refractivity contribution in [3.05, 3.63) is 47.8 Å². The summed E-state index contributed by atoms with van der Waals surface area (Å²) in [7, 11) is 1.67. The predicted octanol–water partition coefficient (Wildman–Crippen LogP) is 2.93. The van der Waals surface area contributed by atoms with Crippen LogP contribution in [0.25, 0.3) is 0 Å². The molecule has 4 rings (SSSR count). The Kier molecular flexibility index (Phi) is 4.00. The maximum atomic E-state index is 12.9. The summed E-state index contributed by atoms with van der Waals surface area (Å²) < 4.78 is 5.20. The van der Waals surface area contributed by atoms with Crippen molar-refractivity contribution in [2.24, 2.45) is 5.92 Å². The van der Waals surface area contributed by atoms with Gasteiger partial charge in [0.25, 0.3) is 0 Å². The molecular formula is C19H23N3O2. The van der Waals surface area contributed by atoms with Crippen molar-refractivity contribution < 1.29 is 9.53 Å². The average molecular weight is 325 g/mol. The number of rotatable bonds is 4. The van der Waals surface area contributed by atoms with Gasteiger partial charge in [0, 0.05) is 36.8 Å². The Morgan fingerprint density at radius 1 is 1.29 bits per heavy atom. The number of aromatic nitrogens is 2. The summed E-state index contributed by atoms with van der Waals surface area (Å²) in [5.41, 5.74) is 2.39. The third-order valence-corrected chi connectivity index (χ3v) is 5.35. The van der Waals surface area contributed by atoms with E-state index >= 15 is 0 Å². The van der Waals surface area contributed by atoms with Gasteiger partial charge < -0.3 is 9.64 Å². The summed E-state index contributed by atoms with van der Waals surface area (Å²) in [6.07, 6.45) is 4.95. The van der Waals surface area contributed by atoms with Crippen LogP contribution in [0.3, 0.4) is 0 Å². The van der Waals surface area contributed by atoms with Gasteiger partial charge in [-0.2, -0.15) is 5.10 Å². The van der Waals surface area contributed by atoms with Crippen LogP contribution in [-0.2, 0) is 4.79 Å². The van der Waals surface area contributed by atoms with E-state index in [0.717, 1.165) is 43.8 Å². The van der Waals surface area contributed by atoms with Gasteiger partial charge in [0.1, 0.15) is 5.75 Å². The van der Waals surface area contributed by atoms with Crippen LogP contribution >= 0.6 is 0 Å². The fourth-order valence-corrected chi connectivity index (χ4v) is 3.85. The second-order valence-electron chi connectivity index (χ2n) is 6.86. The van der Waals surface area contributed by atoms with Gasteiger partial charge in [-0.3, -0.25) is 9.89 Å². The molecule has 0 radical (unpaired) electrons. The van der Waals surface area contributed by atoms with Crippen LogP contribution in [0, 0.1) is 5.92 Å². The van der Waals surface area contributed by atoms with Crippen molar-refractivity contribution in [3.8, 4) is 5.75 Å². The lowest BCUT2D eigenvalue weighted by atomic mass is 9.94. The molecule has 1 N–H and O–H groups in total. The van der Waals surface area contributed by atoms with E-state index in [9.17, 15) is 4.79 Å². The maximum Gasteiger partial charge on any atom is 0.226 e. The first-order valence-corrected chi connectivity index (χ1v) is 8.68. The standard InChI is InChI=1S/C19H23N3O2/c1-24-15-6-4-13(5-7-15)16-11-17(16)19(23)22-10-2-3-14(12-22)18-8-9-20-21-18/h4-9,14,16-17H,2-3,10-12H2,1H3,(H,20,21). The molecular weight excluding hydrogens is 302 g/mol. The lowest BCUT2D eigenvalue weighted by molar-refractivity contribution is -0.133. The number of hydrogen-bond donors (Lipinski definition) is 1. The number of likely N-dealkylation sites (tertiary alicyclic amines) is 1. The topological polar surface area (TPSA) is 58.2 Å². The van der Waals surface area contributed by atoms with Gasteiger partial charge in [0.15, 0.2) is 0 Å². The third kappa shape index (κ3) is 2.90. The van der Waals surface area contributed by atoms with Crippen LogP contribution in [0.1, 0.15) is 42.4 Å². The zero-order valence-electron chi connectivity index (χ0n) is 13.9. The predicted molar refractivity (Wildman–Crippen MR) is 91.0 cm³/mol. The smallest absolute Gasteiger partial charge is 0.226 e. The Morgan fingerprint density at radius 2 is 2.12 bits per heavy atom. The first-order valence-electron chi connectivity index (χ1n) is 8.68. The van der Waals surface area contributed by atoms with E-state index in [1.807, 2.05) is 18.2 Å². The molecule has 126 valence electrons. The number of benzene rings is 1. The highest BCUT2D eigenvalue weighted by molar-refractivity contribution is 5.83. The number of ether oxygens (including phenoxy) is 1. The Morgan fingerprint density at radius 3 is 2.83 bits per heavy atom.